The zero-order chi connectivity index (χ0) is 11.5. The minimum Gasteiger partial charge on any atom is -0.207 e. The predicted molar refractivity (Wildman–Crippen MR) is 61.8 cm³/mol. The van der Waals surface area contributed by atoms with E-state index in [0.717, 1.165) is 38.2 Å². The van der Waals surface area contributed by atoms with Gasteiger partial charge in [-0.2, -0.15) is 0 Å². The molecule has 1 fully saturated rings. The molecule has 1 aromatic rings. The molecular formula is C13H15ClF2. The average Bonchev–Trinajstić information content (AvgIpc) is 2.41. The summed E-state index contributed by atoms with van der Waals surface area (Å²) in [4.78, 5) is 0. The topological polar surface area (TPSA) is 0 Å². The van der Waals surface area contributed by atoms with E-state index in [2.05, 4.69) is 0 Å². The molecule has 0 saturated heterocycles. The minimum absolute atomic E-state index is 0.00343. The maximum atomic E-state index is 13.1. The Hall–Kier alpha value is -0.630. The van der Waals surface area contributed by atoms with Crippen molar-refractivity contribution >= 4 is 11.6 Å². The van der Waals surface area contributed by atoms with Crippen LogP contribution in [0.15, 0.2) is 18.2 Å². The largest absolute Gasteiger partial charge is 0.207 e. The van der Waals surface area contributed by atoms with Crippen LogP contribution in [-0.4, -0.2) is 5.38 Å². The second-order valence-electron chi connectivity index (χ2n) is 4.46. The number of halogens is 3. The molecule has 0 aliphatic heterocycles. The first-order chi connectivity index (χ1) is 7.66. The molecule has 2 unspecified atom stereocenters. The summed E-state index contributed by atoms with van der Waals surface area (Å²) in [5, 5.41) is 0.00343. The zero-order valence-electron chi connectivity index (χ0n) is 9.06. The molecule has 0 amide bonds. The summed E-state index contributed by atoms with van der Waals surface area (Å²) in [5.41, 5.74) is 0.708. The minimum atomic E-state index is -0.511. The number of hydrogen-bond donors (Lipinski definition) is 0. The zero-order valence-corrected chi connectivity index (χ0v) is 9.81. The molecule has 0 nitrogen and oxygen atoms in total. The lowest BCUT2D eigenvalue weighted by Crippen LogP contribution is -2.11. The second kappa shape index (κ2) is 5.13. The van der Waals surface area contributed by atoms with E-state index in [1.807, 2.05) is 0 Å². The summed E-state index contributed by atoms with van der Waals surface area (Å²) in [6.45, 7) is 0. The Morgan fingerprint density at radius 3 is 2.25 bits per heavy atom. The molecule has 0 aromatic heterocycles. The number of hydrogen-bond acceptors (Lipinski definition) is 0. The quantitative estimate of drug-likeness (QED) is 0.500. The van der Waals surface area contributed by atoms with Crippen molar-refractivity contribution in [2.45, 2.75) is 43.4 Å². The van der Waals surface area contributed by atoms with E-state index in [0.29, 0.717) is 5.56 Å². The van der Waals surface area contributed by atoms with Gasteiger partial charge in [0.2, 0.25) is 0 Å². The number of alkyl halides is 1. The van der Waals surface area contributed by atoms with Gasteiger partial charge in [0.25, 0.3) is 0 Å². The fraction of sp³-hybridized carbons (Fsp3) is 0.538. The van der Waals surface area contributed by atoms with Crippen molar-refractivity contribution in [1.29, 1.82) is 0 Å². The molecule has 88 valence electrons. The highest BCUT2D eigenvalue weighted by atomic mass is 35.5. The van der Waals surface area contributed by atoms with Gasteiger partial charge in [0.1, 0.15) is 11.6 Å². The molecule has 1 aliphatic carbocycles. The fourth-order valence-electron chi connectivity index (χ4n) is 2.43. The first-order valence-corrected chi connectivity index (χ1v) is 6.20. The van der Waals surface area contributed by atoms with Gasteiger partial charge in [-0.05, 0) is 30.5 Å². The Morgan fingerprint density at radius 1 is 0.938 bits per heavy atom. The van der Waals surface area contributed by atoms with E-state index in [4.69, 9.17) is 11.6 Å². The molecule has 0 radical (unpaired) electrons. The fourth-order valence-corrected chi connectivity index (χ4v) is 2.85. The lowest BCUT2D eigenvalue weighted by molar-refractivity contribution is 0.556. The summed E-state index contributed by atoms with van der Waals surface area (Å²) in [6.07, 6.45) is 5.23. The Balaban J connectivity index is 2.26. The van der Waals surface area contributed by atoms with Crippen LogP contribution in [0.3, 0.4) is 0 Å². The molecule has 0 N–H and O–H groups in total. The van der Waals surface area contributed by atoms with E-state index in [1.54, 1.807) is 0 Å². The first-order valence-electron chi connectivity index (χ1n) is 5.77. The average molecular weight is 245 g/mol. The van der Waals surface area contributed by atoms with E-state index in [1.165, 1.54) is 12.1 Å². The van der Waals surface area contributed by atoms with Crippen LogP contribution in [0.2, 0.25) is 0 Å². The third-order valence-corrected chi connectivity index (χ3v) is 3.77. The third kappa shape index (κ3) is 2.73. The molecule has 3 heteroatoms. The maximum absolute atomic E-state index is 13.1. The van der Waals surface area contributed by atoms with Crippen LogP contribution in [0.5, 0.6) is 0 Å². The van der Waals surface area contributed by atoms with E-state index in [9.17, 15) is 8.78 Å². The molecule has 1 saturated carbocycles. The Kier molecular flexibility index (Phi) is 3.80. The van der Waals surface area contributed by atoms with Gasteiger partial charge in [-0.1, -0.05) is 19.3 Å². The smallest absolute Gasteiger partial charge is 0.126 e. The molecule has 2 atom stereocenters. The van der Waals surface area contributed by atoms with Crippen molar-refractivity contribution in [3.05, 3.63) is 35.4 Å². The van der Waals surface area contributed by atoms with Crippen LogP contribution in [0.4, 0.5) is 8.78 Å². The Labute approximate surface area is 99.6 Å². The van der Waals surface area contributed by atoms with Crippen LogP contribution in [0, 0.1) is 11.6 Å². The first kappa shape index (κ1) is 11.8. The molecule has 1 aliphatic rings. The Bertz CT molecular complexity index is 345. The SMILES string of the molecule is Fc1cc(F)cc(C2CCCCCC2Cl)c1. The predicted octanol–water partition coefficient (Wildman–Crippen LogP) is 4.62. The molecule has 16 heavy (non-hydrogen) atoms. The van der Waals surface area contributed by atoms with Gasteiger partial charge in [-0.3, -0.25) is 0 Å². The number of rotatable bonds is 1. The standard InChI is InChI=1S/C13H15ClF2/c14-13-5-3-1-2-4-12(13)9-6-10(15)8-11(16)7-9/h6-8,12-13H,1-5H2. The third-order valence-electron chi connectivity index (χ3n) is 3.24. The van der Waals surface area contributed by atoms with Crippen molar-refractivity contribution in [3.63, 3.8) is 0 Å². The molecule has 0 bridgehead atoms. The van der Waals surface area contributed by atoms with Gasteiger partial charge >= 0.3 is 0 Å². The van der Waals surface area contributed by atoms with Gasteiger partial charge in [0, 0.05) is 17.4 Å². The van der Waals surface area contributed by atoms with E-state index >= 15 is 0 Å². The summed E-state index contributed by atoms with van der Waals surface area (Å²) in [6, 6.07) is 3.73. The highest BCUT2D eigenvalue weighted by Gasteiger charge is 2.24. The van der Waals surface area contributed by atoms with Gasteiger partial charge < -0.3 is 0 Å². The van der Waals surface area contributed by atoms with Crippen molar-refractivity contribution in [3.8, 4) is 0 Å². The van der Waals surface area contributed by atoms with Crippen LogP contribution < -0.4 is 0 Å². The van der Waals surface area contributed by atoms with Crippen molar-refractivity contribution < 1.29 is 8.78 Å². The summed E-state index contributed by atoms with van der Waals surface area (Å²) in [5.74, 6) is -0.930. The molecule has 0 heterocycles. The lowest BCUT2D eigenvalue weighted by Gasteiger charge is -2.20. The van der Waals surface area contributed by atoms with Gasteiger partial charge in [0.05, 0.1) is 0 Å². The van der Waals surface area contributed by atoms with Crippen molar-refractivity contribution in [2.24, 2.45) is 0 Å². The molecule has 0 spiro atoms. The van der Waals surface area contributed by atoms with Crippen LogP contribution in [0.1, 0.15) is 43.6 Å². The van der Waals surface area contributed by atoms with Gasteiger partial charge in [-0.15, -0.1) is 11.6 Å². The summed E-state index contributed by atoms with van der Waals surface area (Å²) in [7, 11) is 0. The molecule has 1 aromatic carbocycles. The molecular weight excluding hydrogens is 230 g/mol. The summed E-state index contributed by atoms with van der Waals surface area (Å²) < 4.78 is 26.3. The van der Waals surface area contributed by atoms with Gasteiger partial charge in [-0.25, -0.2) is 8.78 Å². The Morgan fingerprint density at radius 2 is 1.56 bits per heavy atom. The normalized spacial score (nSPS) is 26.4. The lowest BCUT2D eigenvalue weighted by atomic mass is 9.91. The highest BCUT2D eigenvalue weighted by molar-refractivity contribution is 6.21. The highest BCUT2D eigenvalue weighted by Crippen LogP contribution is 2.35. The summed E-state index contributed by atoms with van der Waals surface area (Å²) >= 11 is 6.28. The van der Waals surface area contributed by atoms with Crippen LogP contribution >= 0.6 is 11.6 Å². The van der Waals surface area contributed by atoms with Crippen LogP contribution in [0.25, 0.3) is 0 Å². The van der Waals surface area contributed by atoms with Crippen LogP contribution in [-0.2, 0) is 0 Å². The van der Waals surface area contributed by atoms with Crippen molar-refractivity contribution in [2.75, 3.05) is 0 Å². The number of benzene rings is 1. The second-order valence-corrected chi connectivity index (χ2v) is 5.02. The van der Waals surface area contributed by atoms with Crippen molar-refractivity contribution in [1.82, 2.24) is 0 Å². The van der Waals surface area contributed by atoms with E-state index < -0.39 is 11.6 Å². The van der Waals surface area contributed by atoms with E-state index in [-0.39, 0.29) is 11.3 Å². The monoisotopic (exact) mass is 244 g/mol. The van der Waals surface area contributed by atoms with Gasteiger partial charge in [0.15, 0.2) is 0 Å². The maximum Gasteiger partial charge on any atom is 0.126 e. The molecule has 2 rings (SSSR count).